The number of benzene rings is 2. The van der Waals surface area contributed by atoms with E-state index in [1.54, 1.807) is 0 Å². The summed E-state index contributed by atoms with van der Waals surface area (Å²) < 4.78 is 12.9. The van der Waals surface area contributed by atoms with E-state index in [9.17, 15) is 14.0 Å². The highest BCUT2D eigenvalue weighted by atomic mass is 19.1. The molecule has 0 unspecified atom stereocenters. The first-order valence-corrected chi connectivity index (χ1v) is 7.42. The van der Waals surface area contributed by atoms with E-state index in [1.165, 1.54) is 36.1 Å². The zero-order valence-corrected chi connectivity index (χ0v) is 13.2. The number of hydrogen-bond donors (Lipinski definition) is 1. The van der Waals surface area contributed by atoms with E-state index < -0.39 is 0 Å². The monoisotopic (exact) mass is 314 g/mol. The second kappa shape index (κ2) is 7.54. The van der Waals surface area contributed by atoms with Crippen LogP contribution in [0.2, 0.25) is 0 Å². The molecule has 0 aliphatic rings. The third kappa shape index (κ3) is 4.39. The molecule has 0 saturated carbocycles. The van der Waals surface area contributed by atoms with Gasteiger partial charge >= 0.3 is 0 Å². The number of nitrogens with one attached hydrogen (secondary N) is 1. The van der Waals surface area contributed by atoms with Gasteiger partial charge in [-0.2, -0.15) is 0 Å². The Hall–Kier alpha value is -2.69. The molecular weight excluding hydrogens is 295 g/mol. The first-order valence-electron chi connectivity index (χ1n) is 7.42. The number of para-hydroxylation sites is 1. The van der Waals surface area contributed by atoms with E-state index >= 15 is 0 Å². The number of aryl methyl sites for hydroxylation is 1. The molecule has 2 aromatic rings. The molecule has 2 aromatic carbocycles. The van der Waals surface area contributed by atoms with E-state index in [-0.39, 0.29) is 24.2 Å². The summed E-state index contributed by atoms with van der Waals surface area (Å²) in [5, 5.41) is 2.66. The Morgan fingerprint density at radius 2 is 1.74 bits per heavy atom. The molecular formula is C18H19FN2O2. The van der Waals surface area contributed by atoms with Gasteiger partial charge in [-0.25, -0.2) is 4.39 Å². The van der Waals surface area contributed by atoms with Gasteiger partial charge in [0.2, 0.25) is 11.8 Å². The molecule has 0 aromatic heterocycles. The van der Waals surface area contributed by atoms with Crippen molar-refractivity contribution in [1.29, 1.82) is 0 Å². The number of rotatable bonds is 5. The molecule has 0 aliphatic heterocycles. The number of halogens is 1. The smallest absolute Gasteiger partial charge is 0.244 e. The minimum atomic E-state index is -0.370. The lowest BCUT2D eigenvalue weighted by atomic mass is 10.1. The maximum Gasteiger partial charge on any atom is 0.244 e. The van der Waals surface area contributed by atoms with Crippen molar-refractivity contribution in [3.8, 4) is 0 Å². The number of hydrogen-bond acceptors (Lipinski definition) is 2. The molecule has 23 heavy (non-hydrogen) atoms. The SMILES string of the molecule is CCc1ccccc1N(CC(=O)Nc1ccc(F)cc1)C(C)=O. The Morgan fingerprint density at radius 1 is 1.09 bits per heavy atom. The third-order valence-corrected chi connectivity index (χ3v) is 3.47. The Labute approximate surface area is 134 Å². The summed E-state index contributed by atoms with van der Waals surface area (Å²) in [6, 6.07) is 13.0. The van der Waals surface area contributed by atoms with Crippen molar-refractivity contribution in [3.05, 3.63) is 59.9 Å². The average molecular weight is 314 g/mol. The predicted octanol–water partition coefficient (Wildman–Crippen LogP) is 3.38. The predicted molar refractivity (Wildman–Crippen MR) is 88.9 cm³/mol. The molecule has 120 valence electrons. The van der Waals surface area contributed by atoms with Crippen LogP contribution in [0.1, 0.15) is 19.4 Å². The summed E-state index contributed by atoms with van der Waals surface area (Å²) >= 11 is 0. The Bertz CT molecular complexity index is 698. The quantitative estimate of drug-likeness (QED) is 0.920. The fourth-order valence-corrected chi connectivity index (χ4v) is 2.32. The molecule has 0 atom stereocenters. The summed E-state index contributed by atoms with van der Waals surface area (Å²) in [6.45, 7) is 3.33. The van der Waals surface area contributed by atoms with Crippen molar-refractivity contribution in [2.75, 3.05) is 16.8 Å². The molecule has 2 rings (SSSR count). The summed E-state index contributed by atoms with van der Waals surface area (Å²) in [6.07, 6.45) is 0.763. The van der Waals surface area contributed by atoms with Crippen LogP contribution in [0.15, 0.2) is 48.5 Å². The Morgan fingerprint density at radius 3 is 2.35 bits per heavy atom. The minimum Gasteiger partial charge on any atom is -0.325 e. The third-order valence-electron chi connectivity index (χ3n) is 3.47. The van der Waals surface area contributed by atoms with Crippen molar-refractivity contribution in [1.82, 2.24) is 0 Å². The van der Waals surface area contributed by atoms with Gasteiger partial charge in [-0.05, 0) is 42.3 Å². The highest BCUT2D eigenvalue weighted by Gasteiger charge is 2.18. The Balaban J connectivity index is 2.14. The van der Waals surface area contributed by atoms with E-state index in [1.807, 2.05) is 31.2 Å². The van der Waals surface area contributed by atoms with Gasteiger partial charge in [0, 0.05) is 18.3 Å². The van der Waals surface area contributed by atoms with Crippen LogP contribution in [0, 0.1) is 5.82 Å². The van der Waals surface area contributed by atoms with Gasteiger partial charge in [0.05, 0.1) is 0 Å². The van der Waals surface area contributed by atoms with Crippen molar-refractivity contribution in [3.63, 3.8) is 0 Å². The van der Waals surface area contributed by atoms with Gasteiger partial charge < -0.3 is 10.2 Å². The largest absolute Gasteiger partial charge is 0.325 e. The Kier molecular flexibility index (Phi) is 5.46. The zero-order chi connectivity index (χ0) is 16.8. The molecule has 0 bridgehead atoms. The molecule has 0 radical (unpaired) electrons. The van der Waals surface area contributed by atoms with Crippen LogP contribution in [-0.2, 0) is 16.0 Å². The number of nitrogens with zero attached hydrogens (tertiary/aromatic N) is 1. The van der Waals surface area contributed by atoms with Crippen molar-refractivity contribution in [2.45, 2.75) is 20.3 Å². The molecule has 0 aliphatic carbocycles. The summed E-state index contributed by atoms with van der Waals surface area (Å²) in [5.41, 5.74) is 2.22. The highest BCUT2D eigenvalue weighted by molar-refractivity contribution is 6.02. The molecule has 2 amide bonds. The van der Waals surface area contributed by atoms with Gasteiger partial charge in [-0.1, -0.05) is 25.1 Å². The summed E-state index contributed by atoms with van der Waals surface area (Å²) in [7, 11) is 0. The van der Waals surface area contributed by atoms with E-state index in [2.05, 4.69) is 5.32 Å². The lowest BCUT2D eigenvalue weighted by molar-refractivity contribution is -0.120. The summed E-state index contributed by atoms with van der Waals surface area (Å²) in [5.74, 6) is -0.914. The second-order valence-corrected chi connectivity index (χ2v) is 5.14. The van der Waals surface area contributed by atoms with Gasteiger partial charge in [0.15, 0.2) is 0 Å². The maximum atomic E-state index is 12.9. The molecule has 0 spiro atoms. The lowest BCUT2D eigenvalue weighted by Crippen LogP contribution is -2.37. The van der Waals surface area contributed by atoms with Gasteiger partial charge in [-0.15, -0.1) is 0 Å². The van der Waals surface area contributed by atoms with Crippen LogP contribution in [-0.4, -0.2) is 18.4 Å². The average Bonchev–Trinajstić information content (AvgIpc) is 2.54. The van der Waals surface area contributed by atoms with Crippen LogP contribution < -0.4 is 10.2 Å². The fraction of sp³-hybridized carbons (Fsp3) is 0.222. The van der Waals surface area contributed by atoms with Crippen LogP contribution in [0.3, 0.4) is 0 Å². The molecule has 0 saturated heterocycles. The van der Waals surface area contributed by atoms with Crippen molar-refractivity contribution >= 4 is 23.2 Å². The summed E-state index contributed by atoms with van der Waals surface area (Å²) in [4.78, 5) is 25.6. The lowest BCUT2D eigenvalue weighted by Gasteiger charge is -2.23. The van der Waals surface area contributed by atoms with E-state index in [4.69, 9.17) is 0 Å². The fourth-order valence-electron chi connectivity index (χ4n) is 2.32. The molecule has 4 nitrogen and oxygen atoms in total. The maximum absolute atomic E-state index is 12.9. The normalized spacial score (nSPS) is 10.2. The van der Waals surface area contributed by atoms with Crippen LogP contribution in [0.25, 0.3) is 0 Å². The van der Waals surface area contributed by atoms with Crippen LogP contribution in [0.4, 0.5) is 15.8 Å². The number of amides is 2. The van der Waals surface area contributed by atoms with Gasteiger partial charge in [-0.3, -0.25) is 9.59 Å². The van der Waals surface area contributed by atoms with E-state index in [0.29, 0.717) is 5.69 Å². The molecule has 0 heterocycles. The molecule has 0 fully saturated rings. The van der Waals surface area contributed by atoms with Crippen LogP contribution >= 0.6 is 0 Å². The molecule has 5 heteroatoms. The topological polar surface area (TPSA) is 49.4 Å². The first kappa shape index (κ1) is 16.7. The van der Waals surface area contributed by atoms with Gasteiger partial charge in [0.1, 0.15) is 12.4 Å². The number of carbonyl (C=O) groups is 2. The number of carbonyl (C=O) groups excluding carboxylic acids is 2. The first-order chi connectivity index (χ1) is 11.0. The van der Waals surface area contributed by atoms with E-state index in [0.717, 1.165) is 17.7 Å². The minimum absolute atomic E-state index is 0.0935. The second-order valence-electron chi connectivity index (χ2n) is 5.14. The molecule has 1 N–H and O–H groups in total. The highest BCUT2D eigenvalue weighted by Crippen LogP contribution is 2.21. The van der Waals surface area contributed by atoms with Gasteiger partial charge in [0.25, 0.3) is 0 Å². The van der Waals surface area contributed by atoms with Crippen molar-refractivity contribution in [2.24, 2.45) is 0 Å². The zero-order valence-electron chi connectivity index (χ0n) is 13.2. The van der Waals surface area contributed by atoms with Crippen LogP contribution in [0.5, 0.6) is 0 Å². The number of anilines is 2. The standard InChI is InChI=1S/C18H19FN2O2/c1-3-14-6-4-5-7-17(14)21(13(2)22)12-18(23)20-16-10-8-15(19)9-11-16/h4-11H,3,12H2,1-2H3,(H,20,23). The van der Waals surface area contributed by atoms with Crippen molar-refractivity contribution < 1.29 is 14.0 Å².